The number of anilines is 3. The molecular weight excluding hydrogens is 1050 g/mol. The lowest BCUT2D eigenvalue weighted by atomic mass is 9.71. The summed E-state index contributed by atoms with van der Waals surface area (Å²) in [6.45, 7) is 10.4. The van der Waals surface area contributed by atoms with E-state index >= 15 is 0 Å². The maximum absolute atomic E-state index is 13.9. The highest BCUT2D eigenvalue weighted by molar-refractivity contribution is 6.89. The largest absolute Gasteiger partial charge is 0.480 e. The van der Waals surface area contributed by atoms with Crippen molar-refractivity contribution in [3.8, 4) is 0 Å². The summed E-state index contributed by atoms with van der Waals surface area (Å²) in [5, 5.41) is 34.2. The lowest BCUT2D eigenvalue weighted by Crippen LogP contribution is -2.61. The lowest BCUT2D eigenvalue weighted by Gasteiger charge is -2.47. The number of carboxylic acids is 2. The number of nitrogen functional groups attached to an aromatic ring is 1. The molecule has 6 aromatic rings. The molecule has 79 heavy (non-hydrogen) atoms. The second kappa shape index (κ2) is 22.8. The first-order chi connectivity index (χ1) is 37.7. The van der Waals surface area contributed by atoms with E-state index in [0.29, 0.717) is 42.9 Å². The van der Waals surface area contributed by atoms with Gasteiger partial charge < -0.3 is 60.8 Å². The van der Waals surface area contributed by atoms with Gasteiger partial charge in [0.25, 0.3) is 11.5 Å². The van der Waals surface area contributed by atoms with E-state index in [1.807, 2.05) is 62.5 Å². The van der Waals surface area contributed by atoms with Crippen LogP contribution in [0.4, 0.5) is 22.1 Å². The molecule has 2 bridgehead atoms. The zero-order valence-corrected chi connectivity index (χ0v) is 46.8. The molecule has 6 heterocycles. The van der Waals surface area contributed by atoms with E-state index in [4.69, 9.17) is 14.6 Å². The van der Waals surface area contributed by atoms with Gasteiger partial charge in [-0.25, -0.2) is 24.4 Å². The van der Waals surface area contributed by atoms with Crippen molar-refractivity contribution >= 4 is 97.7 Å². The summed E-state index contributed by atoms with van der Waals surface area (Å²) in [7, 11) is -3.62. The molecule has 25 heteroatoms. The quantitative estimate of drug-likeness (QED) is 0.0464. The monoisotopic (exact) mass is 1110 g/mol. The number of benzene rings is 3. The zero-order valence-electron chi connectivity index (χ0n) is 44.7. The molecule has 0 radical (unpaired) electrons. The van der Waals surface area contributed by atoms with Crippen LogP contribution in [0, 0.1) is 5.92 Å². The number of aromatic nitrogens is 5. The number of aromatic amines is 2. The van der Waals surface area contributed by atoms with Gasteiger partial charge in [0.2, 0.25) is 20.2 Å². The van der Waals surface area contributed by atoms with Crippen molar-refractivity contribution in [2.75, 3.05) is 49.3 Å². The maximum atomic E-state index is 13.9. The van der Waals surface area contributed by atoms with E-state index < -0.39 is 69.7 Å². The average molecular weight is 1120 g/mol. The summed E-state index contributed by atoms with van der Waals surface area (Å²) in [5.41, 5.74) is 8.46. The van der Waals surface area contributed by atoms with Crippen LogP contribution in [-0.2, 0) is 46.4 Å². The van der Waals surface area contributed by atoms with Crippen molar-refractivity contribution in [2.45, 2.75) is 101 Å². The van der Waals surface area contributed by atoms with E-state index in [1.165, 1.54) is 30.3 Å². The summed E-state index contributed by atoms with van der Waals surface area (Å²) in [4.78, 5) is 114. The normalized spacial score (nSPS) is 22.4. The van der Waals surface area contributed by atoms with Crippen LogP contribution < -0.4 is 37.7 Å². The number of methoxy groups -OCH3 is 1. The minimum absolute atomic E-state index is 0.0274. The Kier molecular flexibility index (Phi) is 16.1. The Morgan fingerprint density at radius 1 is 0.975 bits per heavy atom. The number of carbonyl (C=O) groups excluding carboxylic acids is 4. The standard InChI is InChI=1S/C54H66N12O11Si2/c1-6-54(24-31-23-53(2,50(74)76-3)44-38(21-22-65(27-31)29-54)37-9-7-8-10-39(37)60-44)64-52(75)59-34-15-17-36(18-16-34)79(4,5)77-78-28-41(49(72)73)66(30-78)42(67)20-19-40(48(70)71)61-46(68)32-11-13-33(14-12-32)56-25-35-26-57-45-43(58-35)47(69)63-51(55)62-45/h7-18,26,31,40-41,56,60,78H,6,19-25,27-30H2,1-5H3,(H,61,68)(H,70,71)(H,72,73)(H2,59,64,75)(H3,55,57,62,63,69)/t31?,40-,41?,53+,54-,78?/m0/s1. The lowest BCUT2D eigenvalue weighted by molar-refractivity contribution is -0.148. The van der Waals surface area contributed by atoms with Crippen LogP contribution in [0.25, 0.3) is 22.1 Å². The third-order valence-corrected chi connectivity index (χ3v) is 22.9. The molecule has 2 saturated heterocycles. The van der Waals surface area contributed by atoms with Crippen molar-refractivity contribution in [3.05, 3.63) is 112 Å². The number of H-pyrrole nitrogens is 2. The molecule has 0 spiro atoms. The molecule has 0 aliphatic carbocycles. The number of hydrogen-bond donors (Lipinski definition) is 9. The first-order valence-corrected chi connectivity index (χ1v) is 31.4. The van der Waals surface area contributed by atoms with Crippen LogP contribution in [0.5, 0.6) is 0 Å². The summed E-state index contributed by atoms with van der Waals surface area (Å²) >= 11 is 0. The first-order valence-electron chi connectivity index (χ1n) is 26.4. The number of hydrogen-bond acceptors (Lipinski definition) is 15. The number of carbonyl (C=O) groups is 6. The van der Waals surface area contributed by atoms with Gasteiger partial charge in [0.1, 0.15) is 17.5 Å². The molecule has 3 aromatic carbocycles. The predicted molar refractivity (Wildman–Crippen MR) is 300 cm³/mol. The van der Waals surface area contributed by atoms with E-state index in [-0.39, 0.29) is 72.2 Å². The minimum Gasteiger partial charge on any atom is -0.480 e. The average Bonchev–Trinajstić information content (AvgIpc) is 4.24. The van der Waals surface area contributed by atoms with E-state index in [1.54, 1.807) is 12.1 Å². The Bertz CT molecular complexity index is 3380. The van der Waals surface area contributed by atoms with Crippen molar-refractivity contribution < 1.29 is 47.8 Å². The van der Waals surface area contributed by atoms with Gasteiger partial charge in [-0.05, 0) is 117 Å². The third-order valence-electron chi connectivity index (χ3n) is 15.7. The Balaban J connectivity index is 0.768. The zero-order chi connectivity index (χ0) is 56.4. The molecule has 3 aliphatic rings. The number of piperidine rings is 1. The molecule has 23 nitrogen and oxygen atoms in total. The summed E-state index contributed by atoms with van der Waals surface area (Å²) in [5.74, 6) is -4.08. The molecule has 4 amide bonds. The third kappa shape index (κ3) is 12.2. The number of carboxylic acid groups (broad SMARTS) is 2. The molecule has 10 N–H and O–H groups in total. The van der Waals surface area contributed by atoms with Crippen LogP contribution >= 0.6 is 0 Å². The molecule has 0 saturated carbocycles. The van der Waals surface area contributed by atoms with Crippen LogP contribution in [0.15, 0.2) is 83.8 Å². The SMILES string of the molecule is CC[C@]1(NC(=O)Nc2ccc([Si](C)(C)O[SiH]3CC(C(=O)O)N(C(=O)CC[C@H](NC(=O)c4ccc(NCc5cnc6nc(N)[nH]c(=O)c6n5)cc4)C(=O)O)C3)cc2)CC2CN(CCc3c([nH]c4ccccc34)[C@](C)(C(=O)OC)C2)C1. The second-order valence-electron chi connectivity index (χ2n) is 21.6. The first kappa shape index (κ1) is 55.7. The van der Waals surface area contributed by atoms with E-state index in [9.17, 15) is 43.8 Å². The van der Waals surface area contributed by atoms with Crippen LogP contribution in [-0.4, -0.2) is 149 Å². The predicted octanol–water partition coefficient (Wildman–Crippen LogP) is 3.71. The smallest absolute Gasteiger partial charge is 0.326 e. The molecule has 9 rings (SSSR count). The highest BCUT2D eigenvalue weighted by atomic mass is 28.4. The van der Waals surface area contributed by atoms with Crippen LogP contribution in [0.3, 0.4) is 0 Å². The maximum Gasteiger partial charge on any atom is 0.326 e. The Hall–Kier alpha value is -8.01. The van der Waals surface area contributed by atoms with Gasteiger partial charge in [-0.2, -0.15) is 4.98 Å². The fourth-order valence-electron chi connectivity index (χ4n) is 11.7. The molecule has 416 valence electrons. The Morgan fingerprint density at radius 2 is 1.71 bits per heavy atom. The van der Waals surface area contributed by atoms with Crippen molar-refractivity contribution in [1.82, 2.24) is 45.4 Å². The number of urea groups is 1. The van der Waals surface area contributed by atoms with E-state index in [2.05, 4.69) is 64.1 Å². The van der Waals surface area contributed by atoms with Crippen LogP contribution in [0.1, 0.15) is 73.3 Å². The second-order valence-corrected chi connectivity index (χ2v) is 28.2. The van der Waals surface area contributed by atoms with Crippen molar-refractivity contribution in [3.63, 3.8) is 0 Å². The van der Waals surface area contributed by atoms with Gasteiger partial charge in [-0.3, -0.25) is 24.2 Å². The summed E-state index contributed by atoms with van der Waals surface area (Å²) in [6.07, 6.45) is 3.56. The molecular formula is C54H66N12O11Si2. The van der Waals surface area contributed by atoms with Crippen LogP contribution in [0.2, 0.25) is 19.1 Å². The number of rotatable bonds is 17. The van der Waals surface area contributed by atoms with Gasteiger partial charge in [0, 0.05) is 65.8 Å². The molecule has 2 fully saturated rings. The number of nitrogens with zero attached hydrogens (tertiary/aromatic N) is 5. The van der Waals surface area contributed by atoms with Gasteiger partial charge in [-0.1, -0.05) is 37.3 Å². The number of esters is 1. The number of amides is 4. The number of nitrogens with two attached hydrogens (primary N) is 1. The Morgan fingerprint density at radius 3 is 2.42 bits per heavy atom. The molecule has 3 aromatic heterocycles. The van der Waals surface area contributed by atoms with Crippen molar-refractivity contribution in [1.29, 1.82) is 0 Å². The molecule has 3 aliphatic heterocycles. The van der Waals surface area contributed by atoms with Gasteiger partial charge in [-0.15, -0.1) is 0 Å². The summed E-state index contributed by atoms with van der Waals surface area (Å²) in [6, 6.07) is 18.9. The number of aliphatic carboxylic acids is 2. The highest BCUT2D eigenvalue weighted by Crippen LogP contribution is 2.43. The number of fused-ring (bicyclic) bond motifs is 6. The van der Waals surface area contributed by atoms with E-state index in [0.717, 1.165) is 46.9 Å². The van der Waals surface area contributed by atoms with Gasteiger partial charge >= 0.3 is 23.9 Å². The highest BCUT2D eigenvalue weighted by Gasteiger charge is 2.48. The number of ether oxygens (including phenoxy) is 1. The fourth-order valence-corrected chi connectivity index (χ4v) is 19.2. The van der Waals surface area contributed by atoms with Gasteiger partial charge in [0.15, 0.2) is 20.2 Å². The fraction of sp³-hybridized carbons (Fsp3) is 0.407. The number of para-hydroxylation sites is 1. The topological polar surface area (TPSA) is 329 Å². The Labute approximate surface area is 457 Å². The van der Waals surface area contributed by atoms with Crippen molar-refractivity contribution in [2.24, 2.45) is 5.92 Å². The molecule has 4 unspecified atom stereocenters. The van der Waals surface area contributed by atoms with Gasteiger partial charge in [0.05, 0.1) is 31.1 Å². The molecule has 7 atom stereocenters. The summed E-state index contributed by atoms with van der Waals surface area (Å²) < 4.78 is 12.2. The minimum atomic E-state index is -2.70. The number of nitrogens with one attached hydrogen (secondary N) is 6.